The maximum Gasteiger partial charge on any atom is 0.342 e. The average Bonchev–Trinajstić information content (AvgIpc) is 2.69. The molecule has 138 valence electrons. The fourth-order valence-corrected chi connectivity index (χ4v) is 2.66. The van der Waals surface area contributed by atoms with Crippen molar-refractivity contribution in [3.8, 4) is 16.9 Å². The molecule has 0 aromatic heterocycles. The van der Waals surface area contributed by atoms with Crippen molar-refractivity contribution in [1.29, 1.82) is 0 Å². The molecular formula is C23H22O4. The lowest BCUT2D eigenvalue weighted by Crippen LogP contribution is -2.11. The molecule has 0 saturated carbocycles. The normalized spacial score (nSPS) is 10.6. The summed E-state index contributed by atoms with van der Waals surface area (Å²) in [5.74, 6) is -0.661. The van der Waals surface area contributed by atoms with Crippen molar-refractivity contribution in [3.05, 3.63) is 89.5 Å². The molecule has 0 radical (unpaired) electrons. The van der Waals surface area contributed by atoms with Crippen LogP contribution in [0, 0.1) is 6.92 Å². The Morgan fingerprint density at radius 1 is 0.889 bits per heavy atom. The molecule has 0 aliphatic rings. The first-order chi connectivity index (χ1) is 13.1. The van der Waals surface area contributed by atoms with Crippen molar-refractivity contribution in [2.75, 3.05) is 13.2 Å². The van der Waals surface area contributed by atoms with Crippen LogP contribution in [0.15, 0.2) is 72.8 Å². The van der Waals surface area contributed by atoms with E-state index in [0.29, 0.717) is 13.2 Å². The molecule has 0 aliphatic heterocycles. The summed E-state index contributed by atoms with van der Waals surface area (Å²) < 4.78 is 10.7. The van der Waals surface area contributed by atoms with Crippen LogP contribution < -0.4 is 0 Å². The molecule has 4 heteroatoms. The number of carbonyl (C=O) groups excluding carboxylic acids is 1. The van der Waals surface area contributed by atoms with Gasteiger partial charge >= 0.3 is 5.97 Å². The van der Waals surface area contributed by atoms with Gasteiger partial charge in [-0.05, 0) is 35.7 Å². The largest absolute Gasteiger partial charge is 0.507 e. The van der Waals surface area contributed by atoms with E-state index >= 15 is 0 Å². The van der Waals surface area contributed by atoms with Crippen molar-refractivity contribution in [1.82, 2.24) is 0 Å². The van der Waals surface area contributed by atoms with Crippen LogP contribution in [0.25, 0.3) is 11.1 Å². The Hall–Kier alpha value is -3.11. The molecule has 0 heterocycles. The minimum Gasteiger partial charge on any atom is -0.507 e. The first-order valence-corrected chi connectivity index (χ1v) is 8.82. The molecule has 0 spiro atoms. The van der Waals surface area contributed by atoms with Gasteiger partial charge in [-0.15, -0.1) is 0 Å². The third-order valence-corrected chi connectivity index (χ3v) is 4.17. The Morgan fingerprint density at radius 3 is 2.33 bits per heavy atom. The second-order valence-corrected chi connectivity index (χ2v) is 6.27. The van der Waals surface area contributed by atoms with Gasteiger partial charge < -0.3 is 14.6 Å². The standard InChI is InChI=1S/C23H22O4/c1-17-7-9-19(10-8-17)20-11-12-22(24)21(15-20)23(25)27-14-13-26-16-18-5-3-2-4-6-18/h2-12,15,24H,13-14,16H2,1H3. The van der Waals surface area contributed by atoms with Gasteiger partial charge in [-0.2, -0.15) is 0 Å². The molecule has 27 heavy (non-hydrogen) atoms. The zero-order chi connectivity index (χ0) is 19.1. The number of hydrogen-bond donors (Lipinski definition) is 1. The number of rotatable bonds is 7. The summed E-state index contributed by atoms with van der Waals surface area (Å²) in [6.45, 7) is 2.90. The zero-order valence-electron chi connectivity index (χ0n) is 15.2. The van der Waals surface area contributed by atoms with Crippen LogP contribution in [-0.4, -0.2) is 24.3 Å². The summed E-state index contributed by atoms with van der Waals surface area (Å²) in [5.41, 5.74) is 4.19. The highest BCUT2D eigenvalue weighted by Gasteiger charge is 2.14. The lowest BCUT2D eigenvalue weighted by molar-refractivity contribution is 0.0286. The van der Waals surface area contributed by atoms with Crippen LogP contribution in [0.1, 0.15) is 21.5 Å². The van der Waals surface area contributed by atoms with Gasteiger partial charge in [0.2, 0.25) is 0 Å². The number of aromatic hydroxyl groups is 1. The molecule has 0 saturated heterocycles. The maximum absolute atomic E-state index is 12.3. The minimum absolute atomic E-state index is 0.0962. The Bertz CT molecular complexity index is 886. The third-order valence-electron chi connectivity index (χ3n) is 4.17. The van der Waals surface area contributed by atoms with Crippen LogP contribution in [0.5, 0.6) is 5.75 Å². The van der Waals surface area contributed by atoms with Crippen LogP contribution in [0.2, 0.25) is 0 Å². The number of phenolic OH excluding ortho intramolecular Hbond substituents is 1. The number of benzene rings is 3. The third kappa shape index (κ3) is 5.19. The lowest BCUT2D eigenvalue weighted by atomic mass is 10.0. The fraction of sp³-hybridized carbons (Fsp3) is 0.174. The first kappa shape index (κ1) is 18.7. The fourth-order valence-electron chi connectivity index (χ4n) is 2.66. The molecule has 0 unspecified atom stereocenters. The molecular weight excluding hydrogens is 340 g/mol. The molecule has 0 amide bonds. The molecule has 0 bridgehead atoms. The summed E-state index contributed by atoms with van der Waals surface area (Å²) >= 11 is 0. The number of ether oxygens (including phenoxy) is 2. The summed E-state index contributed by atoms with van der Waals surface area (Å²) in [7, 11) is 0. The molecule has 3 aromatic carbocycles. The Kier molecular flexibility index (Phi) is 6.23. The second-order valence-electron chi connectivity index (χ2n) is 6.27. The van der Waals surface area contributed by atoms with Gasteiger partial charge in [0, 0.05) is 0 Å². The molecule has 1 N–H and O–H groups in total. The van der Waals surface area contributed by atoms with E-state index in [1.54, 1.807) is 12.1 Å². The number of phenols is 1. The maximum atomic E-state index is 12.3. The molecule has 0 fully saturated rings. The zero-order valence-corrected chi connectivity index (χ0v) is 15.2. The van der Waals surface area contributed by atoms with Crippen molar-refractivity contribution in [2.24, 2.45) is 0 Å². The number of hydrogen-bond acceptors (Lipinski definition) is 4. The predicted octanol–water partition coefficient (Wildman–Crippen LogP) is 4.74. The average molecular weight is 362 g/mol. The Labute approximate surface area is 159 Å². The van der Waals surface area contributed by atoms with Gasteiger partial charge in [-0.1, -0.05) is 66.2 Å². The van der Waals surface area contributed by atoms with Gasteiger partial charge in [0.15, 0.2) is 0 Å². The molecule has 4 nitrogen and oxygen atoms in total. The molecule has 0 atom stereocenters. The quantitative estimate of drug-likeness (QED) is 0.487. The van der Waals surface area contributed by atoms with Crippen LogP contribution >= 0.6 is 0 Å². The van der Waals surface area contributed by atoms with Gasteiger partial charge in [0.05, 0.1) is 13.2 Å². The SMILES string of the molecule is Cc1ccc(-c2ccc(O)c(C(=O)OCCOCc3ccccc3)c2)cc1. The number of esters is 1. The minimum atomic E-state index is -0.565. The van der Waals surface area contributed by atoms with E-state index in [2.05, 4.69) is 0 Å². The van der Waals surface area contributed by atoms with E-state index in [-0.39, 0.29) is 17.9 Å². The van der Waals surface area contributed by atoms with Crippen molar-refractivity contribution < 1.29 is 19.4 Å². The van der Waals surface area contributed by atoms with Gasteiger partial charge in [-0.25, -0.2) is 4.79 Å². The Morgan fingerprint density at radius 2 is 1.59 bits per heavy atom. The van der Waals surface area contributed by atoms with Crippen LogP contribution in [0.4, 0.5) is 0 Å². The second kappa shape index (κ2) is 9.01. The summed E-state index contributed by atoms with van der Waals surface area (Å²) in [6, 6.07) is 22.7. The number of aryl methyl sites for hydroxylation is 1. The monoisotopic (exact) mass is 362 g/mol. The Balaban J connectivity index is 1.56. The highest BCUT2D eigenvalue weighted by atomic mass is 16.6. The highest BCUT2D eigenvalue weighted by Crippen LogP contribution is 2.26. The summed E-state index contributed by atoms with van der Waals surface area (Å²) in [5, 5.41) is 10.0. The first-order valence-electron chi connectivity index (χ1n) is 8.82. The van der Waals surface area contributed by atoms with Crippen molar-refractivity contribution in [3.63, 3.8) is 0 Å². The van der Waals surface area contributed by atoms with Gasteiger partial charge in [0.25, 0.3) is 0 Å². The summed E-state index contributed by atoms with van der Waals surface area (Å²) in [4.78, 5) is 12.3. The van der Waals surface area contributed by atoms with Crippen LogP contribution in [-0.2, 0) is 16.1 Å². The van der Waals surface area contributed by atoms with E-state index in [1.807, 2.05) is 61.5 Å². The van der Waals surface area contributed by atoms with Gasteiger partial charge in [-0.3, -0.25) is 0 Å². The number of carbonyl (C=O) groups is 1. The van der Waals surface area contributed by atoms with Crippen molar-refractivity contribution in [2.45, 2.75) is 13.5 Å². The lowest BCUT2D eigenvalue weighted by Gasteiger charge is -2.09. The van der Waals surface area contributed by atoms with E-state index in [0.717, 1.165) is 22.3 Å². The van der Waals surface area contributed by atoms with Crippen LogP contribution in [0.3, 0.4) is 0 Å². The van der Waals surface area contributed by atoms with E-state index in [4.69, 9.17) is 9.47 Å². The van der Waals surface area contributed by atoms with E-state index < -0.39 is 5.97 Å². The molecule has 3 rings (SSSR count). The predicted molar refractivity (Wildman–Crippen MR) is 105 cm³/mol. The van der Waals surface area contributed by atoms with E-state index in [1.165, 1.54) is 6.07 Å². The molecule has 0 aliphatic carbocycles. The highest BCUT2D eigenvalue weighted by molar-refractivity contribution is 5.94. The smallest absolute Gasteiger partial charge is 0.342 e. The van der Waals surface area contributed by atoms with E-state index in [9.17, 15) is 9.90 Å². The molecule has 3 aromatic rings. The topological polar surface area (TPSA) is 55.8 Å². The summed E-state index contributed by atoms with van der Waals surface area (Å²) in [6.07, 6.45) is 0. The van der Waals surface area contributed by atoms with Crippen molar-refractivity contribution >= 4 is 5.97 Å². The van der Waals surface area contributed by atoms with Gasteiger partial charge in [0.1, 0.15) is 17.9 Å².